The second-order valence-electron chi connectivity index (χ2n) is 4.65. The van der Waals surface area contributed by atoms with E-state index in [-0.39, 0.29) is 24.4 Å². The highest BCUT2D eigenvalue weighted by atomic mass is 35.5. The average molecular weight is 334 g/mol. The van der Waals surface area contributed by atoms with Crippen LogP contribution in [0.25, 0.3) is 0 Å². The molecule has 0 bridgehead atoms. The summed E-state index contributed by atoms with van der Waals surface area (Å²) in [7, 11) is 0. The molecule has 0 saturated carbocycles. The van der Waals surface area contributed by atoms with Crippen LogP contribution in [0, 0.1) is 15.9 Å². The Bertz CT molecular complexity index is 550. The molecule has 22 heavy (non-hydrogen) atoms. The van der Waals surface area contributed by atoms with Gasteiger partial charge in [0, 0.05) is 6.42 Å². The van der Waals surface area contributed by atoms with Gasteiger partial charge >= 0.3 is 11.7 Å². The molecule has 0 atom stereocenters. The quantitative estimate of drug-likeness (QED) is 0.322. The Kier molecular flexibility index (Phi) is 8.93. The minimum Gasteiger partial charge on any atom is -0.481 e. The third kappa shape index (κ3) is 5.77. The predicted molar refractivity (Wildman–Crippen MR) is 80.1 cm³/mol. The van der Waals surface area contributed by atoms with Crippen molar-refractivity contribution in [3.8, 4) is 0 Å². The molecule has 1 aromatic rings. The largest absolute Gasteiger partial charge is 0.481 e. The Hall–Kier alpha value is -2.02. The molecule has 0 fully saturated rings. The van der Waals surface area contributed by atoms with Crippen LogP contribution in [0.5, 0.6) is 0 Å². The van der Waals surface area contributed by atoms with Gasteiger partial charge in [0.05, 0.1) is 10.5 Å². The second-order valence-corrected chi connectivity index (χ2v) is 4.65. The fourth-order valence-corrected chi connectivity index (χ4v) is 2.10. The minimum atomic E-state index is -1.02. The molecule has 0 saturated heterocycles. The molecule has 0 unspecified atom stereocenters. The van der Waals surface area contributed by atoms with E-state index >= 15 is 0 Å². The van der Waals surface area contributed by atoms with Crippen LogP contribution in [0.4, 0.5) is 10.1 Å². The van der Waals surface area contributed by atoms with Crippen LogP contribution in [0.1, 0.15) is 48.0 Å². The van der Waals surface area contributed by atoms with E-state index in [1.54, 1.807) is 0 Å². The van der Waals surface area contributed by atoms with E-state index in [0.717, 1.165) is 18.9 Å². The van der Waals surface area contributed by atoms with Gasteiger partial charge in [0.25, 0.3) is 0 Å². The number of halogens is 2. The number of aliphatic carboxylic acids is 1. The molecular formula is C14H17ClFNO5. The smallest absolute Gasteiger partial charge is 0.315 e. The summed E-state index contributed by atoms with van der Waals surface area (Å²) < 4.78 is 13.4. The first-order valence-corrected chi connectivity index (χ1v) is 6.60. The van der Waals surface area contributed by atoms with Gasteiger partial charge in [-0.1, -0.05) is 18.9 Å². The maximum atomic E-state index is 13.4. The second kappa shape index (κ2) is 9.83. The number of hydrogen-bond acceptors (Lipinski definition) is 4. The number of carboxylic acids is 1. The number of rotatable bonds is 9. The molecule has 0 spiro atoms. The van der Waals surface area contributed by atoms with Gasteiger partial charge in [-0.15, -0.1) is 12.4 Å². The van der Waals surface area contributed by atoms with Crippen LogP contribution in [0.15, 0.2) is 12.1 Å². The third-order valence-corrected chi connectivity index (χ3v) is 3.15. The van der Waals surface area contributed by atoms with Crippen molar-refractivity contribution in [3.05, 3.63) is 39.2 Å². The number of nitro benzene ring substituents is 1. The van der Waals surface area contributed by atoms with Gasteiger partial charge in [-0.2, -0.15) is 4.39 Å². The van der Waals surface area contributed by atoms with Gasteiger partial charge in [0.1, 0.15) is 0 Å². The highest BCUT2D eigenvalue weighted by molar-refractivity contribution is 5.85. The summed E-state index contributed by atoms with van der Waals surface area (Å²) in [5.41, 5.74) is -0.560. The molecule has 0 aromatic heterocycles. The number of aryl methyl sites for hydroxylation is 1. The standard InChI is InChI=1S/C14H16FNO5.ClH/c15-12-8-7-10(11(9-17)14(12)16(20)21)5-3-1-2-4-6-13(18)19;/h7-9H,1-6H2,(H,18,19);1H. The summed E-state index contributed by atoms with van der Waals surface area (Å²) in [5.74, 6) is -1.86. The normalized spacial score (nSPS) is 9.86. The zero-order valence-corrected chi connectivity index (χ0v) is 12.6. The zero-order chi connectivity index (χ0) is 15.8. The number of aldehydes is 1. The van der Waals surface area contributed by atoms with Gasteiger partial charge in [-0.25, -0.2) is 0 Å². The lowest BCUT2D eigenvalue weighted by Crippen LogP contribution is -2.03. The molecule has 1 N–H and O–H groups in total. The Balaban J connectivity index is 0.00000441. The summed E-state index contributed by atoms with van der Waals surface area (Å²) in [6.07, 6.45) is 3.54. The van der Waals surface area contributed by atoms with Gasteiger partial charge in [0.15, 0.2) is 6.29 Å². The monoisotopic (exact) mass is 333 g/mol. The zero-order valence-electron chi connectivity index (χ0n) is 11.8. The first-order valence-electron chi connectivity index (χ1n) is 6.60. The maximum Gasteiger partial charge on any atom is 0.315 e. The molecule has 0 heterocycles. The molecule has 1 rings (SSSR count). The van der Waals surface area contributed by atoms with Crippen LogP contribution in [-0.2, 0) is 11.2 Å². The number of unbranched alkanes of at least 4 members (excludes halogenated alkanes) is 3. The molecule has 0 amide bonds. The molecule has 0 aliphatic rings. The number of nitrogens with zero attached hydrogens (tertiary/aromatic N) is 1. The number of carbonyl (C=O) groups is 2. The van der Waals surface area contributed by atoms with Crippen LogP contribution in [-0.4, -0.2) is 22.3 Å². The average Bonchev–Trinajstić information content (AvgIpc) is 2.42. The van der Waals surface area contributed by atoms with Crippen molar-refractivity contribution in [2.45, 2.75) is 38.5 Å². The first-order chi connectivity index (χ1) is 9.97. The van der Waals surface area contributed by atoms with Crippen molar-refractivity contribution in [1.29, 1.82) is 0 Å². The van der Waals surface area contributed by atoms with Crippen molar-refractivity contribution < 1.29 is 24.0 Å². The van der Waals surface area contributed by atoms with E-state index < -0.39 is 22.4 Å². The summed E-state index contributed by atoms with van der Waals surface area (Å²) in [4.78, 5) is 31.2. The Morgan fingerprint density at radius 3 is 2.45 bits per heavy atom. The molecule has 6 nitrogen and oxygen atoms in total. The number of benzene rings is 1. The van der Waals surface area contributed by atoms with Crippen molar-refractivity contribution in [2.24, 2.45) is 0 Å². The van der Waals surface area contributed by atoms with Crippen LogP contribution < -0.4 is 0 Å². The van der Waals surface area contributed by atoms with Crippen molar-refractivity contribution in [1.82, 2.24) is 0 Å². The fourth-order valence-electron chi connectivity index (χ4n) is 2.10. The van der Waals surface area contributed by atoms with Crippen molar-refractivity contribution in [2.75, 3.05) is 0 Å². The van der Waals surface area contributed by atoms with Crippen LogP contribution >= 0.6 is 12.4 Å². The number of hydrogen-bond donors (Lipinski definition) is 1. The molecule has 8 heteroatoms. The predicted octanol–water partition coefficient (Wildman–Crippen LogP) is 3.55. The number of carbonyl (C=O) groups excluding carboxylic acids is 1. The lowest BCUT2D eigenvalue weighted by Gasteiger charge is -2.06. The number of carboxylic acid groups (broad SMARTS) is 1. The lowest BCUT2D eigenvalue weighted by atomic mass is 9.99. The lowest BCUT2D eigenvalue weighted by molar-refractivity contribution is -0.387. The van der Waals surface area contributed by atoms with Crippen LogP contribution in [0.3, 0.4) is 0 Å². The number of nitro groups is 1. The first kappa shape index (κ1) is 20.0. The molecule has 0 aliphatic carbocycles. The topological polar surface area (TPSA) is 97.5 Å². The minimum absolute atomic E-state index is 0. The maximum absolute atomic E-state index is 13.4. The Labute approximate surface area is 132 Å². The Morgan fingerprint density at radius 2 is 1.91 bits per heavy atom. The van der Waals surface area contributed by atoms with E-state index in [9.17, 15) is 24.1 Å². The fraction of sp³-hybridized carbons (Fsp3) is 0.429. The molecular weight excluding hydrogens is 317 g/mol. The van der Waals surface area contributed by atoms with E-state index in [1.165, 1.54) is 6.07 Å². The van der Waals surface area contributed by atoms with E-state index in [2.05, 4.69) is 0 Å². The van der Waals surface area contributed by atoms with Crippen molar-refractivity contribution in [3.63, 3.8) is 0 Å². The summed E-state index contributed by atoms with van der Waals surface area (Å²) in [6, 6.07) is 2.37. The Morgan fingerprint density at radius 1 is 1.27 bits per heavy atom. The van der Waals surface area contributed by atoms with E-state index in [0.29, 0.717) is 31.1 Å². The highest BCUT2D eigenvalue weighted by Crippen LogP contribution is 2.25. The van der Waals surface area contributed by atoms with Crippen LogP contribution in [0.2, 0.25) is 0 Å². The van der Waals surface area contributed by atoms with E-state index in [1.807, 2.05) is 0 Å². The third-order valence-electron chi connectivity index (χ3n) is 3.15. The van der Waals surface area contributed by atoms with E-state index in [4.69, 9.17) is 5.11 Å². The molecule has 0 aliphatic heterocycles. The summed E-state index contributed by atoms with van der Waals surface area (Å²) in [6.45, 7) is 0. The van der Waals surface area contributed by atoms with Gasteiger partial charge in [-0.05, 0) is 30.9 Å². The van der Waals surface area contributed by atoms with Crippen molar-refractivity contribution >= 4 is 30.3 Å². The molecule has 0 radical (unpaired) electrons. The van der Waals surface area contributed by atoms with Gasteiger partial charge in [0.2, 0.25) is 5.82 Å². The van der Waals surface area contributed by atoms with Gasteiger partial charge < -0.3 is 5.11 Å². The molecule has 1 aromatic carbocycles. The highest BCUT2D eigenvalue weighted by Gasteiger charge is 2.22. The molecule has 122 valence electrons. The SMILES string of the molecule is Cl.O=Cc1c(CCCCCCC(=O)O)ccc(F)c1[N+](=O)[O-]. The van der Waals surface area contributed by atoms with Gasteiger partial charge in [-0.3, -0.25) is 19.7 Å². The summed E-state index contributed by atoms with van der Waals surface area (Å²) >= 11 is 0. The summed E-state index contributed by atoms with van der Waals surface area (Å²) in [5, 5.41) is 19.3.